The predicted octanol–water partition coefficient (Wildman–Crippen LogP) is 1.05. The van der Waals surface area contributed by atoms with Gasteiger partial charge in [-0.15, -0.1) is 0 Å². The molecule has 0 aromatic heterocycles. The van der Waals surface area contributed by atoms with Crippen LogP contribution in [0.1, 0.15) is 32.1 Å². The maximum absolute atomic E-state index is 11.8. The molecule has 96 valence electrons. The summed E-state index contributed by atoms with van der Waals surface area (Å²) in [5, 5.41) is 0. The van der Waals surface area contributed by atoms with Crippen molar-refractivity contribution in [2.45, 2.75) is 32.1 Å². The van der Waals surface area contributed by atoms with Crippen molar-refractivity contribution in [2.75, 3.05) is 32.9 Å². The first-order chi connectivity index (χ1) is 7.49. The van der Waals surface area contributed by atoms with E-state index >= 15 is 0 Å². The monoisotopic (exact) mass is 248 g/mol. The average Bonchev–Trinajstić information content (AvgIpc) is 2.17. The molecule has 1 N–H and O–H groups in total. The first-order valence-corrected chi connectivity index (χ1v) is 7.77. The van der Waals surface area contributed by atoms with E-state index in [-0.39, 0.29) is 0 Å². The van der Waals surface area contributed by atoms with Gasteiger partial charge in [-0.3, -0.25) is 0 Å². The summed E-state index contributed by atoms with van der Waals surface area (Å²) in [4.78, 5) is 1.98. The zero-order valence-electron chi connectivity index (χ0n) is 10.4. The fourth-order valence-electron chi connectivity index (χ4n) is 2.15. The van der Waals surface area contributed by atoms with Crippen molar-refractivity contribution in [3.05, 3.63) is 0 Å². The zero-order valence-corrected chi connectivity index (χ0v) is 11.2. The zero-order chi connectivity index (χ0) is 12.0. The quantitative estimate of drug-likeness (QED) is 0.764. The number of nitrogens with one attached hydrogen (secondary N) is 1. The maximum Gasteiger partial charge on any atom is 0.211 e. The van der Waals surface area contributed by atoms with Gasteiger partial charge in [0.25, 0.3) is 0 Å². The highest BCUT2D eigenvalue weighted by Gasteiger charge is 2.20. The Bertz CT molecular complexity index is 282. The van der Waals surface area contributed by atoms with Crippen LogP contribution < -0.4 is 4.72 Å². The second kappa shape index (κ2) is 6.57. The molecule has 0 bridgehead atoms. The highest BCUT2D eigenvalue weighted by molar-refractivity contribution is 7.89. The molecule has 5 heteroatoms. The Morgan fingerprint density at radius 2 is 1.81 bits per heavy atom. The van der Waals surface area contributed by atoms with Crippen LogP contribution in [-0.2, 0) is 10.0 Å². The molecular formula is C11H24N2O2S. The van der Waals surface area contributed by atoms with E-state index < -0.39 is 10.0 Å². The number of sulfonamides is 1. The van der Waals surface area contributed by atoms with Crippen LogP contribution in [0.4, 0.5) is 0 Å². The summed E-state index contributed by atoms with van der Waals surface area (Å²) >= 11 is 0. The van der Waals surface area contributed by atoms with Crippen molar-refractivity contribution >= 4 is 10.0 Å². The molecule has 0 amide bonds. The van der Waals surface area contributed by atoms with Crippen LogP contribution in [0.25, 0.3) is 0 Å². The van der Waals surface area contributed by atoms with Crippen molar-refractivity contribution in [1.82, 2.24) is 9.62 Å². The SMILES string of the molecule is CN(C)CCNS(=O)(=O)CC1CCCCC1. The van der Waals surface area contributed by atoms with Crippen LogP contribution in [-0.4, -0.2) is 46.3 Å². The van der Waals surface area contributed by atoms with Gasteiger partial charge in [-0.2, -0.15) is 0 Å². The third-order valence-corrected chi connectivity index (χ3v) is 4.62. The Labute approximate surface area is 99.5 Å². The summed E-state index contributed by atoms with van der Waals surface area (Å²) in [5.41, 5.74) is 0. The van der Waals surface area contributed by atoms with Gasteiger partial charge < -0.3 is 4.90 Å². The first-order valence-electron chi connectivity index (χ1n) is 6.12. The number of hydrogen-bond donors (Lipinski definition) is 1. The van der Waals surface area contributed by atoms with E-state index in [2.05, 4.69) is 4.72 Å². The fraction of sp³-hybridized carbons (Fsp3) is 1.00. The van der Waals surface area contributed by atoms with Crippen LogP contribution in [0.5, 0.6) is 0 Å². The van der Waals surface area contributed by atoms with Crippen molar-refractivity contribution < 1.29 is 8.42 Å². The molecule has 0 spiro atoms. The van der Waals surface area contributed by atoms with Gasteiger partial charge in [0, 0.05) is 13.1 Å². The van der Waals surface area contributed by atoms with Crippen molar-refractivity contribution in [2.24, 2.45) is 5.92 Å². The maximum atomic E-state index is 11.8. The summed E-state index contributed by atoms with van der Waals surface area (Å²) in [5.74, 6) is 0.700. The minimum Gasteiger partial charge on any atom is -0.308 e. The molecule has 1 aliphatic carbocycles. The van der Waals surface area contributed by atoms with Crippen LogP contribution in [0, 0.1) is 5.92 Å². The van der Waals surface area contributed by atoms with Crippen LogP contribution in [0.15, 0.2) is 0 Å². The fourth-order valence-corrected chi connectivity index (χ4v) is 3.62. The number of hydrogen-bond acceptors (Lipinski definition) is 3. The molecule has 0 aromatic carbocycles. The number of likely N-dealkylation sites (N-methyl/N-ethyl adjacent to an activating group) is 1. The van der Waals surface area contributed by atoms with Gasteiger partial charge in [0.2, 0.25) is 10.0 Å². The van der Waals surface area contributed by atoms with Gasteiger partial charge >= 0.3 is 0 Å². The smallest absolute Gasteiger partial charge is 0.211 e. The highest BCUT2D eigenvalue weighted by Crippen LogP contribution is 2.24. The summed E-state index contributed by atoms with van der Waals surface area (Å²) in [6, 6.07) is 0. The Morgan fingerprint density at radius 3 is 2.38 bits per heavy atom. The molecule has 1 fully saturated rings. The molecule has 0 radical (unpaired) electrons. The largest absolute Gasteiger partial charge is 0.308 e. The van der Waals surface area contributed by atoms with E-state index in [9.17, 15) is 8.42 Å². The molecule has 4 nitrogen and oxygen atoms in total. The lowest BCUT2D eigenvalue weighted by Gasteiger charge is -2.21. The van der Waals surface area contributed by atoms with Gasteiger partial charge in [-0.1, -0.05) is 19.3 Å². The van der Waals surface area contributed by atoms with E-state index in [0.717, 1.165) is 19.4 Å². The Balaban J connectivity index is 2.27. The Hall–Kier alpha value is -0.130. The third-order valence-electron chi connectivity index (χ3n) is 3.06. The minimum absolute atomic E-state index is 0.320. The lowest BCUT2D eigenvalue weighted by atomic mass is 9.91. The summed E-state index contributed by atoms with van der Waals surface area (Å²) in [7, 11) is 0.826. The van der Waals surface area contributed by atoms with Crippen molar-refractivity contribution in [3.8, 4) is 0 Å². The molecule has 0 saturated heterocycles. The third kappa shape index (κ3) is 5.82. The molecule has 16 heavy (non-hydrogen) atoms. The van der Waals surface area contributed by atoms with E-state index in [1.807, 2.05) is 19.0 Å². The molecule has 1 saturated carbocycles. The van der Waals surface area contributed by atoms with E-state index in [4.69, 9.17) is 0 Å². The second-order valence-corrected chi connectivity index (χ2v) is 6.83. The number of rotatable bonds is 6. The van der Waals surface area contributed by atoms with Crippen LogP contribution in [0.2, 0.25) is 0 Å². The molecule has 0 heterocycles. The lowest BCUT2D eigenvalue weighted by Crippen LogP contribution is -2.35. The van der Waals surface area contributed by atoms with Crippen LogP contribution in [0.3, 0.4) is 0 Å². The molecule has 1 aliphatic rings. The summed E-state index contributed by atoms with van der Waals surface area (Å²) in [6.45, 7) is 1.27. The predicted molar refractivity (Wildman–Crippen MR) is 66.9 cm³/mol. The molecule has 0 atom stereocenters. The number of nitrogens with zero attached hydrogens (tertiary/aromatic N) is 1. The minimum atomic E-state index is -3.05. The summed E-state index contributed by atoms with van der Waals surface area (Å²) < 4.78 is 26.2. The molecular weight excluding hydrogens is 224 g/mol. The van der Waals surface area contributed by atoms with Crippen molar-refractivity contribution in [1.29, 1.82) is 0 Å². The standard InChI is InChI=1S/C11H24N2O2S/c1-13(2)9-8-12-16(14,15)10-11-6-4-3-5-7-11/h11-12H,3-10H2,1-2H3. The average molecular weight is 248 g/mol. The molecule has 0 unspecified atom stereocenters. The molecule has 0 aromatic rings. The topological polar surface area (TPSA) is 49.4 Å². The van der Waals surface area contributed by atoms with E-state index in [0.29, 0.717) is 18.2 Å². The van der Waals surface area contributed by atoms with Crippen molar-refractivity contribution in [3.63, 3.8) is 0 Å². The molecule has 0 aliphatic heterocycles. The van der Waals surface area contributed by atoms with Gasteiger partial charge in [-0.05, 0) is 32.9 Å². The van der Waals surface area contributed by atoms with E-state index in [1.165, 1.54) is 19.3 Å². The lowest BCUT2D eigenvalue weighted by molar-refractivity contribution is 0.382. The van der Waals surface area contributed by atoms with E-state index in [1.54, 1.807) is 0 Å². The van der Waals surface area contributed by atoms with Gasteiger partial charge in [0.1, 0.15) is 0 Å². The second-order valence-electron chi connectivity index (χ2n) is 4.98. The summed E-state index contributed by atoms with van der Waals surface area (Å²) in [6.07, 6.45) is 5.81. The highest BCUT2D eigenvalue weighted by atomic mass is 32.2. The Morgan fingerprint density at radius 1 is 1.19 bits per heavy atom. The first kappa shape index (κ1) is 13.9. The normalized spacial score (nSPS) is 19.2. The van der Waals surface area contributed by atoms with Gasteiger partial charge in [-0.25, -0.2) is 13.1 Å². The van der Waals surface area contributed by atoms with Gasteiger partial charge in [0.15, 0.2) is 0 Å². The molecule has 1 rings (SSSR count). The van der Waals surface area contributed by atoms with Crippen LogP contribution >= 0.6 is 0 Å². The van der Waals surface area contributed by atoms with Gasteiger partial charge in [0.05, 0.1) is 5.75 Å². The Kier molecular flexibility index (Phi) is 5.72.